The van der Waals surface area contributed by atoms with Gasteiger partial charge in [-0.1, -0.05) is 33.8 Å². The number of rotatable bonds is 16. The van der Waals surface area contributed by atoms with Crippen LogP contribution in [0.25, 0.3) is 11.1 Å². The Morgan fingerprint density at radius 3 is 1.83 bits per heavy atom. The molecular weight excluding hydrogens is 456 g/mol. The second-order valence-electron chi connectivity index (χ2n) is 8.58. The molecular formula is C29H38N2O5. The molecule has 0 saturated heterocycles. The van der Waals surface area contributed by atoms with Gasteiger partial charge in [-0.2, -0.15) is 5.10 Å². The van der Waals surface area contributed by atoms with Gasteiger partial charge in [-0.05, 0) is 61.6 Å². The van der Waals surface area contributed by atoms with Crippen molar-refractivity contribution in [2.24, 2.45) is 0 Å². The Labute approximate surface area is 214 Å². The van der Waals surface area contributed by atoms with Crippen LogP contribution in [0.15, 0.2) is 42.6 Å². The molecule has 7 heteroatoms. The Hall–Kier alpha value is -3.48. The standard InChI is InChI=1S/C29H38N2O5/c1-5-13-33-26-11-9-21(17-28(26)35-15-7-3)23-20-30-31-24(23)19-25(32)22-10-12-27(34-14-6-2)29(18-22)36-16-8-4/h9-12,17-18,20H,5-8,13-16,19H2,1-4H3,(H,30,31). The van der Waals surface area contributed by atoms with Gasteiger partial charge in [0.2, 0.25) is 0 Å². The van der Waals surface area contributed by atoms with Crippen LogP contribution < -0.4 is 18.9 Å². The zero-order chi connectivity index (χ0) is 25.8. The fourth-order valence-corrected chi connectivity index (χ4v) is 3.63. The molecule has 0 bridgehead atoms. The van der Waals surface area contributed by atoms with Crippen molar-refractivity contribution in [3.8, 4) is 34.1 Å². The van der Waals surface area contributed by atoms with Gasteiger partial charge in [0.1, 0.15) is 0 Å². The van der Waals surface area contributed by atoms with Gasteiger partial charge in [-0.3, -0.25) is 9.89 Å². The highest BCUT2D eigenvalue weighted by Crippen LogP contribution is 2.35. The van der Waals surface area contributed by atoms with E-state index in [1.807, 2.05) is 31.2 Å². The van der Waals surface area contributed by atoms with E-state index < -0.39 is 0 Å². The van der Waals surface area contributed by atoms with E-state index in [1.165, 1.54) is 0 Å². The molecule has 1 N–H and O–H groups in total. The first-order valence-electron chi connectivity index (χ1n) is 13.0. The van der Waals surface area contributed by atoms with Crippen LogP contribution in [0.5, 0.6) is 23.0 Å². The highest BCUT2D eigenvalue weighted by atomic mass is 16.5. The number of aromatic amines is 1. The van der Waals surface area contributed by atoms with Crippen molar-refractivity contribution >= 4 is 5.78 Å². The van der Waals surface area contributed by atoms with Crippen molar-refractivity contribution in [1.82, 2.24) is 10.2 Å². The Kier molecular flexibility index (Phi) is 10.7. The number of hydrogen-bond donors (Lipinski definition) is 1. The summed E-state index contributed by atoms with van der Waals surface area (Å²) in [5.41, 5.74) is 3.08. The molecule has 0 unspecified atom stereocenters. The van der Waals surface area contributed by atoms with Gasteiger partial charge in [0.05, 0.1) is 44.7 Å². The van der Waals surface area contributed by atoms with Gasteiger partial charge >= 0.3 is 0 Å². The van der Waals surface area contributed by atoms with Gasteiger partial charge < -0.3 is 18.9 Å². The normalized spacial score (nSPS) is 10.8. The molecule has 0 aliphatic heterocycles. The predicted octanol–water partition coefficient (Wildman–Crippen LogP) is 6.66. The van der Waals surface area contributed by atoms with Crippen LogP contribution in [0, 0.1) is 0 Å². The third-order valence-corrected chi connectivity index (χ3v) is 5.42. The molecule has 0 saturated carbocycles. The molecule has 3 aromatic rings. The maximum absolute atomic E-state index is 13.2. The second-order valence-corrected chi connectivity index (χ2v) is 8.58. The molecule has 3 rings (SSSR count). The summed E-state index contributed by atoms with van der Waals surface area (Å²) < 4.78 is 23.5. The van der Waals surface area contributed by atoms with Crippen molar-refractivity contribution in [2.75, 3.05) is 26.4 Å². The number of ether oxygens (including phenoxy) is 4. The summed E-state index contributed by atoms with van der Waals surface area (Å²) in [6, 6.07) is 11.2. The summed E-state index contributed by atoms with van der Waals surface area (Å²) >= 11 is 0. The average Bonchev–Trinajstić information content (AvgIpc) is 3.36. The smallest absolute Gasteiger partial charge is 0.168 e. The van der Waals surface area contributed by atoms with Gasteiger partial charge in [0, 0.05) is 11.1 Å². The minimum Gasteiger partial charge on any atom is -0.490 e. The van der Waals surface area contributed by atoms with Gasteiger partial charge in [-0.15, -0.1) is 0 Å². The van der Waals surface area contributed by atoms with Gasteiger partial charge in [0.15, 0.2) is 28.8 Å². The van der Waals surface area contributed by atoms with E-state index in [2.05, 4.69) is 31.0 Å². The number of ketones is 1. The minimum atomic E-state index is -0.0331. The average molecular weight is 495 g/mol. The number of Topliss-reactive ketones (excluding diaryl/α,β-unsaturated/α-hetero) is 1. The molecule has 36 heavy (non-hydrogen) atoms. The number of carbonyl (C=O) groups excluding carboxylic acids is 1. The first kappa shape index (κ1) is 27.1. The fraction of sp³-hybridized carbons (Fsp3) is 0.448. The summed E-state index contributed by atoms with van der Waals surface area (Å²) in [5.74, 6) is 2.64. The van der Waals surface area contributed by atoms with E-state index >= 15 is 0 Å². The lowest BCUT2D eigenvalue weighted by Crippen LogP contribution is -2.07. The lowest BCUT2D eigenvalue weighted by atomic mass is 10.00. The van der Waals surface area contributed by atoms with E-state index in [0.29, 0.717) is 49.2 Å². The van der Waals surface area contributed by atoms with E-state index in [0.717, 1.165) is 48.3 Å². The van der Waals surface area contributed by atoms with E-state index in [-0.39, 0.29) is 12.2 Å². The van der Waals surface area contributed by atoms with E-state index in [1.54, 1.807) is 18.3 Å². The van der Waals surface area contributed by atoms with E-state index in [4.69, 9.17) is 18.9 Å². The zero-order valence-electron chi connectivity index (χ0n) is 21.9. The monoisotopic (exact) mass is 494 g/mol. The van der Waals surface area contributed by atoms with Gasteiger partial charge in [0.25, 0.3) is 0 Å². The third kappa shape index (κ3) is 7.26. The molecule has 1 aromatic heterocycles. The third-order valence-electron chi connectivity index (χ3n) is 5.42. The molecule has 1 heterocycles. The Morgan fingerprint density at radius 2 is 1.25 bits per heavy atom. The van der Waals surface area contributed by atoms with Crippen molar-refractivity contribution < 1.29 is 23.7 Å². The molecule has 0 atom stereocenters. The van der Waals surface area contributed by atoms with Crippen LogP contribution in [0.2, 0.25) is 0 Å². The van der Waals surface area contributed by atoms with Crippen LogP contribution >= 0.6 is 0 Å². The summed E-state index contributed by atoms with van der Waals surface area (Å²) in [6.45, 7) is 10.6. The summed E-state index contributed by atoms with van der Waals surface area (Å²) in [4.78, 5) is 13.2. The number of nitrogens with zero attached hydrogens (tertiary/aromatic N) is 1. The molecule has 0 amide bonds. The minimum absolute atomic E-state index is 0.0331. The number of nitrogens with one attached hydrogen (secondary N) is 1. The molecule has 7 nitrogen and oxygen atoms in total. The number of hydrogen-bond acceptors (Lipinski definition) is 6. The first-order chi connectivity index (χ1) is 17.6. The lowest BCUT2D eigenvalue weighted by molar-refractivity contribution is 0.0991. The molecule has 2 aromatic carbocycles. The van der Waals surface area contributed by atoms with Crippen molar-refractivity contribution in [3.05, 3.63) is 53.9 Å². The second kappa shape index (κ2) is 14.2. The fourth-order valence-electron chi connectivity index (χ4n) is 3.63. The first-order valence-corrected chi connectivity index (χ1v) is 13.0. The van der Waals surface area contributed by atoms with Crippen LogP contribution in [-0.4, -0.2) is 42.4 Å². The van der Waals surface area contributed by atoms with Crippen LogP contribution in [0.4, 0.5) is 0 Å². The topological polar surface area (TPSA) is 82.7 Å². The predicted molar refractivity (Wildman–Crippen MR) is 142 cm³/mol. The molecule has 194 valence electrons. The zero-order valence-corrected chi connectivity index (χ0v) is 21.9. The lowest BCUT2D eigenvalue weighted by Gasteiger charge is -2.14. The molecule has 0 spiro atoms. The summed E-state index contributed by atoms with van der Waals surface area (Å²) in [5, 5.41) is 7.23. The summed E-state index contributed by atoms with van der Waals surface area (Å²) in [6.07, 6.45) is 5.50. The Morgan fingerprint density at radius 1 is 0.722 bits per heavy atom. The van der Waals surface area contributed by atoms with Crippen LogP contribution in [0.1, 0.15) is 69.4 Å². The molecule has 0 radical (unpaired) electrons. The van der Waals surface area contributed by atoms with Crippen LogP contribution in [-0.2, 0) is 6.42 Å². The maximum Gasteiger partial charge on any atom is 0.168 e. The molecule has 0 aliphatic carbocycles. The number of benzene rings is 2. The van der Waals surface area contributed by atoms with Crippen molar-refractivity contribution in [1.29, 1.82) is 0 Å². The van der Waals surface area contributed by atoms with Crippen molar-refractivity contribution in [3.63, 3.8) is 0 Å². The van der Waals surface area contributed by atoms with E-state index in [9.17, 15) is 4.79 Å². The van der Waals surface area contributed by atoms with Crippen molar-refractivity contribution in [2.45, 2.75) is 59.8 Å². The summed E-state index contributed by atoms with van der Waals surface area (Å²) in [7, 11) is 0. The highest BCUT2D eigenvalue weighted by molar-refractivity contribution is 5.98. The Bertz CT molecular complexity index is 1110. The maximum atomic E-state index is 13.2. The number of carbonyl (C=O) groups is 1. The van der Waals surface area contributed by atoms with Crippen LogP contribution in [0.3, 0.4) is 0 Å². The highest BCUT2D eigenvalue weighted by Gasteiger charge is 2.17. The molecule has 0 aliphatic rings. The number of H-pyrrole nitrogens is 1. The quantitative estimate of drug-likeness (QED) is 0.224. The Balaban J connectivity index is 1.83. The number of aromatic nitrogens is 2. The SMILES string of the molecule is CCCOc1ccc(C(=O)Cc2[nH]ncc2-c2ccc(OCCC)c(OCCC)c2)cc1OCCC. The largest absolute Gasteiger partial charge is 0.490 e. The van der Waals surface area contributed by atoms with Gasteiger partial charge in [-0.25, -0.2) is 0 Å². The molecule has 0 fully saturated rings.